The van der Waals surface area contributed by atoms with Crippen LogP contribution in [0.1, 0.15) is 71.1 Å². The summed E-state index contributed by atoms with van der Waals surface area (Å²) in [5.41, 5.74) is 0. The van der Waals surface area contributed by atoms with E-state index in [1.54, 1.807) is 0 Å². The molecule has 0 aliphatic rings. The van der Waals surface area contributed by atoms with Crippen molar-refractivity contribution in [3.05, 3.63) is 0 Å². The van der Waals surface area contributed by atoms with Gasteiger partial charge in [-0.2, -0.15) is 0 Å². The van der Waals surface area contributed by atoms with Crippen molar-refractivity contribution in [3.63, 3.8) is 0 Å². The number of rotatable bonds is 13. The maximum absolute atomic E-state index is 8.57. The van der Waals surface area contributed by atoms with E-state index in [4.69, 9.17) is 20.1 Å². The molecule has 0 amide bonds. The fourth-order valence-corrected chi connectivity index (χ4v) is 1.90. The van der Waals surface area contributed by atoms with Gasteiger partial charge in [-0.05, 0) is 6.42 Å². The summed E-state index contributed by atoms with van der Waals surface area (Å²) >= 11 is 0. The Labute approximate surface area is 111 Å². The van der Waals surface area contributed by atoms with Crippen LogP contribution in [0, 0.1) is 0 Å². The number of hydrogen-bond donors (Lipinski definition) is 3. The largest absolute Gasteiger partial charge is 0.373 e. The van der Waals surface area contributed by atoms with E-state index in [2.05, 4.69) is 6.92 Å². The van der Waals surface area contributed by atoms with Crippen LogP contribution < -0.4 is 0 Å². The van der Waals surface area contributed by atoms with E-state index in [9.17, 15) is 0 Å². The van der Waals surface area contributed by atoms with Crippen LogP contribution in [-0.4, -0.2) is 34.5 Å². The molecule has 0 rings (SSSR count). The van der Waals surface area contributed by atoms with Gasteiger partial charge in [0, 0.05) is 6.61 Å². The summed E-state index contributed by atoms with van der Waals surface area (Å²) in [6, 6.07) is 0. The van der Waals surface area contributed by atoms with Crippen molar-refractivity contribution >= 4 is 0 Å². The third-order valence-electron chi connectivity index (χ3n) is 2.94. The number of hydrogen-bond acceptors (Lipinski definition) is 4. The Balaban J connectivity index is 2.99. The van der Waals surface area contributed by atoms with E-state index in [1.807, 2.05) is 0 Å². The van der Waals surface area contributed by atoms with Crippen LogP contribution in [0.3, 0.4) is 0 Å². The third kappa shape index (κ3) is 15.8. The summed E-state index contributed by atoms with van der Waals surface area (Å²) in [4.78, 5) is 0. The Kier molecular flexibility index (Phi) is 11.8. The zero-order valence-corrected chi connectivity index (χ0v) is 11.7. The quantitative estimate of drug-likeness (QED) is 0.352. The first kappa shape index (κ1) is 17.8. The lowest BCUT2D eigenvalue weighted by Crippen LogP contribution is -2.33. The molecule has 4 heteroatoms. The predicted octanol–water partition coefficient (Wildman–Crippen LogP) is 2.55. The first-order valence-corrected chi connectivity index (χ1v) is 7.31. The SMILES string of the molecule is CCCCCCCCCCCCOCC(O)(O)O. The Morgan fingerprint density at radius 2 is 1.17 bits per heavy atom. The lowest BCUT2D eigenvalue weighted by Gasteiger charge is -2.13. The topological polar surface area (TPSA) is 69.9 Å². The molecule has 3 N–H and O–H groups in total. The van der Waals surface area contributed by atoms with Crippen LogP contribution in [0.15, 0.2) is 0 Å². The molecular formula is C14H30O4. The van der Waals surface area contributed by atoms with Gasteiger partial charge in [0.15, 0.2) is 0 Å². The van der Waals surface area contributed by atoms with Crippen LogP contribution in [0.2, 0.25) is 0 Å². The van der Waals surface area contributed by atoms with E-state index in [1.165, 1.54) is 51.4 Å². The van der Waals surface area contributed by atoms with Crippen LogP contribution in [0.25, 0.3) is 0 Å². The van der Waals surface area contributed by atoms with Crippen molar-refractivity contribution in [2.75, 3.05) is 13.2 Å². The Morgan fingerprint density at radius 1 is 0.722 bits per heavy atom. The highest BCUT2D eigenvalue weighted by Gasteiger charge is 2.17. The molecule has 0 aromatic rings. The summed E-state index contributed by atoms with van der Waals surface area (Å²) in [7, 11) is 0. The minimum Gasteiger partial charge on any atom is -0.373 e. The van der Waals surface area contributed by atoms with Crippen molar-refractivity contribution in [2.45, 2.75) is 77.1 Å². The summed E-state index contributed by atoms with van der Waals surface area (Å²) in [6.07, 6.45) is 12.6. The first-order valence-electron chi connectivity index (χ1n) is 7.31. The second kappa shape index (κ2) is 11.9. The van der Waals surface area contributed by atoms with Crippen molar-refractivity contribution in [1.82, 2.24) is 0 Å². The van der Waals surface area contributed by atoms with E-state index in [0.717, 1.165) is 12.8 Å². The highest BCUT2D eigenvalue weighted by atomic mass is 16.7. The Morgan fingerprint density at radius 3 is 1.61 bits per heavy atom. The molecular weight excluding hydrogens is 232 g/mol. The number of ether oxygens (including phenoxy) is 1. The molecule has 0 spiro atoms. The van der Waals surface area contributed by atoms with E-state index < -0.39 is 12.6 Å². The van der Waals surface area contributed by atoms with E-state index in [0.29, 0.717) is 6.61 Å². The second-order valence-electron chi connectivity index (χ2n) is 5.01. The molecule has 0 heterocycles. The van der Waals surface area contributed by atoms with Crippen molar-refractivity contribution in [1.29, 1.82) is 0 Å². The molecule has 18 heavy (non-hydrogen) atoms. The maximum atomic E-state index is 8.57. The standard InChI is InChI=1S/C14H30O4/c1-2-3-4-5-6-7-8-9-10-11-12-18-13-14(15,16)17/h15-17H,2-13H2,1H3. The average molecular weight is 262 g/mol. The third-order valence-corrected chi connectivity index (χ3v) is 2.94. The molecule has 0 unspecified atom stereocenters. The molecule has 0 atom stereocenters. The van der Waals surface area contributed by atoms with Gasteiger partial charge in [0.1, 0.15) is 6.61 Å². The van der Waals surface area contributed by atoms with Crippen molar-refractivity contribution in [3.8, 4) is 0 Å². The molecule has 0 aromatic carbocycles. The van der Waals surface area contributed by atoms with Crippen LogP contribution >= 0.6 is 0 Å². The molecule has 0 fully saturated rings. The molecule has 0 radical (unpaired) electrons. The zero-order chi connectivity index (χ0) is 13.7. The van der Waals surface area contributed by atoms with E-state index >= 15 is 0 Å². The van der Waals surface area contributed by atoms with Gasteiger partial charge in [0.05, 0.1) is 0 Å². The predicted molar refractivity (Wildman–Crippen MR) is 72.1 cm³/mol. The Bertz CT molecular complexity index is 166. The van der Waals surface area contributed by atoms with Gasteiger partial charge in [-0.1, -0.05) is 64.7 Å². The van der Waals surface area contributed by atoms with Gasteiger partial charge in [-0.15, -0.1) is 0 Å². The lowest BCUT2D eigenvalue weighted by atomic mass is 10.1. The maximum Gasteiger partial charge on any atom is 0.300 e. The van der Waals surface area contributed by atoms with E-state index in [-0.39, 0.29) is 0 Å². The van der Waals surface area contributed by atoms with Crippen LogP contribution in [0.4, 0.5) is 0 Å². The summed E-state index contributed by atoms with van der Waals surface area (Å²) < 4.78 is 4.92. The van der Waals surface area contributed by atoms with Gasteiger partial charge in [0.2, 0.25) is 0 Å². The smallest absolute Gasteiger partial charge is 0.300 e. The minimum absolute atomic E-state index is 0.440. The van der Waals surface area contributed by atoms with Crippen LogP contribution in [-0.2, 0) is 4.74 Å². The van der Waals surface area contributed by atoms with Crippen molar-refractivity contribution < 1.29 is 20.1 Å². The first-order chi connectivity index (χ1) is 8.56. The normalized spacial score (nSPS) is 12.0. The summed E-state index contributed by atoms with van der Waals surface area (Å²) in [6.45, 7) is 2.26. The minimum atomic E-state index is -2.68. The number of aliphatic hydroxyl groups is 3. The molecule has 0 saturated heterocycles. The van der Waals surface area contributed by atoms with Crippen molar-refractivity contribution in [2.24, 2.45) is 0 Å². The monoisotopic (exact) mass is 262 g/mol. The molecule has 0 aliphatic heterocycles. The second-order valence-corrected chi connectivity index (χ2v) is 5.01. The zero-order valence-electron chi connectivity index (χ0n) is 11.7. The molecule has 4 nitrogen and oxygen atoms in total. The van der Waals surface area contributed by atoms with Gasteiger partial charge in [0.25, 0.3) is 5.97 Å². The average Bonchev–Trinajstić information content (AvgIpc) is 2.29. The highest BCUT2D eigenvalue weighted by Crippen LogP contribution is 2.10. The molecule has 0 aliphatic carbocycles. The molecule has 0 aromatic heterocycles. The van der Waals surface area contributed by atoms with Gasteiger partial charge in [-0.25, -0.2) is 0 Å². The lowest BCUT2D eigenvalue weighted by molar-refractivity contribution is -0.331. The fraction of sp³-hybridized carbons (Fsp3) is 1.00. The number of unbranched alkanes of at least 4 members (excludes halogenated alkanes) is 9. The molecule has 110 valence electrons. The Hall–Kier alpha value is -0.160. The molecule has 0 bridgehead atoms. The van der Waals surface area contributed by atoms with Crippen LogP contribution in [0.5, 0.6) is 0 Å². The van der Waals surface area contributed by atoms with Gasteiger partial charge < -0.3 is 20.1 Å². The van der Waals surface area contributed by atoms with Gasteiger partial charge >= 0.3 is 0 Å². The highest BCUT2D eigenvalue weighted by molar-refractivity contribution is 4.48. The van der Waals surface area contributed by atoms with Gasteiger partial charge in [-0.3, -0.25) is 0 Å². The molecule has 0 saturated carbocycles. The fourth-order valence-electron chi connectivity index (χ4n) is 1.90. The summed E-state index contributed by atoms with van der Waals surface area (Å²) in [5.74, 6) is -2.68. The summed E-state index contributed by atoms with van der Waals surface area (Å²) in [5, 5.41) is 25.7.